The lowest BCUT2D eigenvalue weighted by Crippen LogP contribution is -1.98. The number of hydrogen-bond donors (Lipinski definition) is 1. The summed E-state index contributed by atoms with van der Waals surface area (Å²) in [7, 11) is 0. The minimum Gasteiger partial charge on any atom is -0.481 e. The molecule has 1 aromatic heterocycles. The molecule has 1 heterocycles. The molecule has 0 aliphatic carbocycles. The Bertz CT molecular complexity index is 542. The summed E-state index contributed by atoms with van der Waals surface area (Å²) in [5, 5.41) is 9.87. The Balaban J connectivity index is 1.92. The summed E-state index contributed by atoms with van der Waals surface area (Å²) in [5.41, 5.74) is 2.57. The zero-order chi connectivity index (χ0) is 13.0. The van der Waals surface area contributed by atoms with Crippen LogP contribution in [0.25, 0.3) is 10.9 Å². The Morgan fingerprint density at radius 3 is 2.83 bits per heavy atom. The molecule has 0 aliphatic rings. The lowest BCUT2D eigenvalue weighted by Gasteiger charge is -2.05. The van der Waals surface area contributed by atoms with Gasteiger partial charge in [-0.25, -0.2) is 0 Å². The molecule has 0 atom stereocenters. The molecule has 0 saturated heterocycles. The van der Waals surface area contributed by atoms with Crippen LogP contribution >= 0.6 is 0 Å². The maximum absolute atomic E-state index is 10.4. The number of benzene rings is 1. The fourth-order valence-electron chi connectivity index (χ4n) is 2.31. The number of fused-ring (bicyclic) bond motifs is 1. The Kier molecular flexibility index (Phi) is 4.03. The lowest BCUT2D eigenvalue weighted by molar-refractivity contribution is -0.137. The second-order valence-corrected chi connectivity index (χ2v) is 4.72. The summed E-state index contributed by atoms with van der Waals surface area (Å²) in [6, 6.07) is 8.50. The van der Waals surface area contributed by atoms with Crippen molar-refractivity contribution in [3.63, 3.8) is 0 Å². The Morgan fingerprint density at radius 2 is 2.06 bits per heavy atom. The van der Waals surface area contributed by atoms with E-state index < -0.39 is 5.97 Å². The number of carboxylic acids is 1. The van der Waals surface area contributed by atoms with Crippen LogP contribution in [0.15, 0.2) is 30.5 Å². The van der Waals surface area contributed by atoms with Crippen molar-refractivity contribution >= 4 is 16.9 Å². The Labute approximate surface area is 107 Å². The summed E-state index contributed by atoms with van der Waals surface area (Å²) in [4.78, 5) is 10.4. The number of nitrogens with zero attached hydrogens (tertiary/aromatic N) is 1. The van der Waals surface area contributed by atoms with E-state index in [0.717, 1.165) is 25.8 Å². The predicted octanol–water partition coefficient (Wildman–Crippen LogP) is 3.59. The highest BCUT2D eigenvalue weighted by atomic mass is 16.4. The SMILES string of the molecule is Cc1cccc2c1ccn2CCCCCC(=O)O. The van der Waals surface area contributed by atoms with E-state index in [2.05, 4.69) is 42.0 Å². The van der Waals surface area contributed by atoms with Gasteiger partial charge in [-0.15, -0.1) is 0 Å². The normalized spacial score (nSPS) is 10.9. The van der Waals surface area contributed by atoms with Crippen LogP contribution in [0.4, 0.5) is 0 Å². The molecular formula is C15H19NO2. The molecule has 1 N–H and O–H groups in total. The molecule has 3 nitrogen and oxygen atoms in total. The molecule has 0 unspecified atom stereocenters. The van der Waals surface area contributed by atoms with E-state index in [9.17, 15) is 4.79 Å². The first-order chi connectivity index (χ1) is 8.68. The van der Waals surface area contributed by atoms with Crippen molar-refractivity contribution < 1.29 is 9.90 Å². The first-order valence-electron chi connectivity index (χ1n) is 6.45. The van der Waals surface area contributed by atoms with E-state index in [1.54, 1.807) is 0 Å². The number of hydrogen-bond acceptors (Lipinski definition) is 1. The van der Waals surface area contributed by atoms with Gasteiger partial charge in [-0.1, -0.05) is 18.6 Å². The summed E-state index contributed by atoms with van der Waals surface area (Å²) in [6.07, 6.45) is 5.18. The molecule has 0 bridgehead atoms. The molecule has 0 amide bonds. The number of rotatable bonds is 6. The highest BCUT2D eigenvalue weighted by molar-refractivity contribution is 5.83. The zero-order valence-corrected chi connectivity index (χ0v) is 10.7. The van der Waals surface area contributed by atoms with Gasteiger partial charge < -0.3 is 9.67 Å². The number of unbranched alkanes of at least 4 members (excludes halogenated alkanes) is 2. The molecule has 96 valence electrons. The van der Waals surface area contributed by atoms with E-state index >= 15 is 0 Å². The van der Waals surface area contributed by atoms with Crippen molar-refractivity contribution in [2.45, 2.75) is 39.2 Å². The number of aromatic nitrogens is 1. The Hall–Kier alpha value is -1.77. The van der Waals surface area contributed by atoms with Crippen LogP contribution in [0.2, 0.25) is 0 Å². The van der Waals surface area contributed by atoms with Crippen molar-refractivity contribution in [3.05, 3.63) is 36.0 Å². The second kappa shape index (κ2) is 5.71. The highest BCUT2D eigenvalue weighted by Crippen LogP contribution is 2.20. The average Bonchev–Trinajstić information content (AvgIpc) is 2.73. The highest BCUT2D eigenvalue weighted by Gasteiger charge is 2.02. The van der Waals surface area contributed by atoms with Crippen molar-refractivity contribution in [1.82, 2.24) is 4.57 Å². The molecule has 0 aliphatic heterocycles. The van der Waals surface area contributed by atoms with Gasteiger partial charge in [-0.2, -0.15) is 0 Å². The third-order valence-corrected chi connectivity index (χ3v) is 3.32. The molecule has 2 aromatic rings. The van der Waals surface area contributed by atoms with Crippen LogP contribution in [-0.2, 0) is 11.3 Å². The number of carbonyl (C=O) groups is 1. The van der Waals surface area contributed by atoms with Crippen LogP contribution in [0, 0.1) is 6.92 Å². The van der Waals surface area contributed by atoms with Crippen LogP contribution in [0.1, 0.15) is 31.2 Å². The van der Waals surface area contributed by atoms with Gasteiger partial charge in [-0.3, -0.25) is 4.79 Å². The van der Waals surface area contributed by atoms with Gasteiger partial charge in [0.05, 0.1) is 0 Å². The van der Waals surface area contributed by atoms with Gasteiger partial charge in [0.15, 0.2) is 0 Å². The van der Waals surface area contributed by atoms with Crippen molar-refractivity contribution in [3.8, 4) is 0 Å². The monoisotopic (exact) mass is 245 g/mol. The van der Waals surface area contributed by atoms with Crippen LogP contribution < -0.4 is 0 Å². The summed E-state index contributed by atoms with van der Waals surface area (Å²) in [6.45, 7) is 3.09. The van der Waals surface area contributed by atoms with E-state index in [-0.39, 0.29) is 6.42 Å². The van der Waals surface area contributed by atoms with E-state index in [1.165, 1.54) is 16.5 Å². The smallest absolute Gasteiger partial charge is 0.303 e. The maximum Gasteiger partial charge on any atom is 0.303 e. The molecule has 1 aromatic carbocycles. The van der Waals surface area contributed by atoms with Crippen LogP contribution in [-0.4, -0.2) is 15.6 Å². The molecule has 0 saturated carbocycles. The predicted molar refractivity (Wildman–Crippen MR) is 72.8 cm³/mol. The van der Waals surface area contributed by atoms with E-state index in [4.69, 9.17) is 5.11 Å². The topological polar surface area (TPSA) is 42.2 Å². The number of aryl methyl sites for hydroxylation is 2. The summed E-state index contributed by atoms with van der Waals surface area (Å²) >= 11 is 0. The molecule has 0 radical (unpaired) electrons. The maximum atomic E-state index is 10.4. The van der Waals surface area contributed by atoms with Gasteiger partial charge in [0.2, 0.25) is 0 Å². The molecule has 2 rings (SSSR count). The lowest BCUT2D eigenvalue weighted by atomic mass is 10.1. The minimum absolute atomic E-state index is 0.283. The average molecular weight is 245 g/mol. The third kappa shape index (κ3) is 2.92. The van der Waals surface area contributed by atoms with Gasteiger partial charge in [0, 0.05) is 30.1 Å². The van der Waals surface area contributed by atoms with Crippen molar-refractivity contribution in [1.29, 1.82) is 0 Å². The number of aliphatic carboxylic acids is 1. The van der Waals surface area contributed by atoms with Crippen LogP contribution in [0.3, 0.4) is 0 Å². The minimum atomic E-state index is -0.697. The van der Waals surface area contributed by atoms with Gasteiger partial charge in [0.1, 0.15) is 0 Å². The second-order valence-electron chi connectivity index (χ2n) is 4.72. The summed E-state index contributed by atoms with van der Waals surface area (Å²) < 4.78 is 2.25. The first kappa shape index (κ1) is 12.7. The van der Waals surface area contributed by atoms with Crippen molar-refractivity contribution in [2.24, 2.45) is 0 Å². The van der Waals surface area contributed by atoms with Gasteiger partial charge in [-0.05, 0) is 37.5 Å². The fourth-order valence-corrected chi connectivity index (χ4v) is 2.31. The van der Waals surface area contributed by atoms with Crippen molar-refractivity contribution in [2.75, 3.05) is 0 Å². The summed E-state index contributed by atoms with van der Waals surface area (Å²) in [5.74, 6) is -0.697. The first-order valence-corrected chi connectivity index (χ1v) is 6.45. The van der Waals surface area contributed by atoms with E-state index in [1.807, 2.05) is 0 Å². The molecule has 18 heavy (non-hydrogen) atoms. The van der Waals surface area contributed by atoms with Gasteiger partial charge in [0.25, 0.3) is 0 Å². The standard InChI is InChI=1S/C15H19NO2/c1-12-6-5-7-14-13(12)9-11-16(14)10-4-2-3-8-15(17)18/h5-7,9,11H,2-4,8,10H2,1H3,(H,17,18). The number of carboxylic acid groups (broad SMARTS) is 1. The molecule has 0 spiro atoms. The quantitative estimate of drug-likeness (QED) is 0.790. The molecular weight excluding hydrogens is 226 g/mol. The third-order valence-electron chi connectivity index (χ3n) is 3.32. The molecule has 3 heteroatoms. The fraction of sp³-hybridized carbons (Fsp3) is 0.400. The van der Waals surface area contributed by atoms with E-state index in [0.29, 0.717) is 0 Å². The Morgan fingerprint density at radius 1 is 1.22 bits per heavy atom. The van der Waals surface area contributed by atoms with Crippen LogP contribution in [0.5, 0.6) is 0 Å². The molecule has 0 fully saturated rings. The zero-order valence-electron chi connectivity index (χ0n) is 10.7. The largest absolute Gasteiger partial charge is 0.481 e. The van der Waals surface area contributed by atoms with Gasteiger partial charge >= 0.3 is 5.97 Å².